The Labute approximate surface area is 244 Å². The van der Waals surface area contributed by atoms with Crippen molar-refractivity contribution in [1.29, 1.82) is 0 Å². The highest BCUT2D eigenvalue weighted by Crippen LogP contribution is 2.38. The van der Waals surface area contributed by atoms with Gasteiger partial charge in [0.1, 0.15) is 35.0 Å². The molecule has 1 aliphatic heterocycles. The molecule has 1 saturated carbocycles. The van der Waals surface area contributed by atoms with Gasteiger partial charge in [-0.3, -0.25) is 19.2 Å². The molecule has 13 heteroatoms. The summed E-state index contributed by atoms with van der Waals surface area (Å²) >= 11 is 1.21. The second-order valence-corrected chi connectivity index (χ2v) is 11.8. The lowest BCUT2D eigenvalue weighted by Gasteiger charge is -2.31. The summed E-state index contributed by atoms with van der Waals surface area (Å²) in [5, 5.41) is 23.9. The summed E-state index contributed by atoms with van der Waals surface area (Å²) in [7, 11) is 1.48. The summed E-state index contributed by atoms with van der Waals surface area (Å²) < 4.78 is 34.9. The SMILES string of the molecule is COc1ccc(F)cc1[C@H](Cn1c(=O)n([C@@H]2CCNC2O)c(=O)c2c(C)c(-c3ncco3)sc21)OC1CCC(O)CC1. The molecule has 1 saturated heterocycles. The molecular formula is C29H33FN4O7S. The molecule has 11 nitrogen and oxygen atoms in total. The van der Waals surface area contributed by atoms with E-state index in [1.807, 2.05) is 0 Å². The Bertz CT molecular complexity index is 1690. The van der Waals surface area contributed by atoms with Crippen LogP contribution in [-0.4, -0.2) is 56.4 Å². The van der Waals surface area contributed by atoms with Crippen LogP contribution < -0.4 is 21.3 Å². The summed E-state index contributed by atoms with van der Waals surface area (Å²) in [4.78, 5) is 33.4. The van der Waals surface area contributed by atoms with Crippen LogP contribution in [0.15, 0.2) is 44.7 Å². The zero-order valence-electron chi connectivity index (χ0n) is 23.3. The standard InChI is InChI=1S/C29H33FN4O7S/c1-15-23-27(37)34(20-9-10-31-25(20)36)29(38)33(28(23)42-24(15)26-32-11-12-40-26)14-22(41-18-6-4-17(35)5-7-18)19-13-16(30)3-8-21(19)39-2/h3,8,11-13,17-18,20,22,25,31,35-36H,4-7,9-10,14H2,1-2H3/t17?,18?,20-,22+,25?/m1/s1. The van der Waals surface area contributed by atoms with Crippen molar-refractivity contribution in [2.45, 2.75) is 76.2 Å². The fourth-order valence-electron chi connectivity index (χ4n) is 6.05. The first-order valence-electron chi connectivity index (χ1n) is 14.0. The van der Waals surface area contributed by atoms with Gasteiger partial charge >= 0.3 is 5.69 Å². The van der Waals surface area contributed by atoms with Crippen LogP contribution in [0.4, 0.5) is 4.39 Å². The zero-order valence-corrected chi connectivity index (χ0v) is 24.1. The van der Waals surface area contributed by atoms with Gasteiger partial charge in [-0.2, -0.15) is 0 Å². The summed E-state index contributed by atoms with van der Waals surface area (Å²) in [5.41, 5.74) is -0.0891. The van der Waals surface area contributed by atoms with Crippen LogP contribution in [0.1, 0.15) is 55.4 Å². The Morgan fingerprint density at radius 1 is 1.21 bits per heavy atom. The molecule has 1 aliphatic carbocycles. The molecule has 3 atom stereocenters. The molecule has 3 N–H and O–H groups in total. The van der Waals surface area contributed by atoms with E-state index in [-0.39, 0.29) is 12.6 Å². The number of aliphatic hydroxyl groups is 2. The number of aryl methyl sites for hydroxylation is 1. The van der Waals surface area contributed by atoms with Crippen LogP contribution in [0.5, 0.6) is 5.75 Å². The molecular weight excluding hydrogens is 567 g/mol. The average Bonchev–Trinajstić information content (AvgIpc) is 3.73. The number of halogens is 1. The predicted octanol–water partition coefficient (Wildman–Crippen LogP) is 3.25. The number of thiophene rings is 1. The van der Waals surface area contributed by atoms with Gasteiger partial charge in [0.25, 0.3) is 5.56 Å². The lowest BCUT2D eigenvalue weighted by molar-refractivity contribution is -0.0565. The Balaban J connectivity index is 1.54. The van der Waals surface area contributed by atoms with E-state index in [2.05, 4.69) is 10.3 Å². The number of hydrogen-bond acceptors (Lipinski definition) is 10. The van der Waals surface area contributed by atoms with Gasteiger partial charge in [-0.25, -0.2) is 14.2 Å². The van der Waals surface area contributed by atoms with Gasteiger partial charge in [-0.1, -0.05) is 0 Å². The maximum Gasteiger partial charge on any atom is 0.332 e. The largest absolute Gasteiger partial charge is 0.496 e. The molecule has 0 radical (unpaired) electrons. The Morgan fingerprint density at radius 3 is 2.67 bits per heavy atom. The number of nitrogens with one attached hydrogen (secondary N) is 1. The summed E-state index contributed by atoms with van der Waals surface area (Å²) in [5.74, 6) is 0.230. The molecule has 4 heterocycles. The topological polar surface area (TPSA) is 141 Å². The molecule has 0 amide bonds. The fourth-order valence-corrected chi connectivity index (χ4v) is 7.29. The van der Waals surface area contributed by atoms with Gasteiger partial charge in [0.2, 0.25) is 5.89 Å². The van der Waals surface area contributed by atoms with Crippen molar-refractivity contribution in [2.24, 2.45) is 0 Å². The van der Waals surface area contributed by atoms with E-state index in [4.69, 9.17) is 13.9 Å². The van der Waals surface area contributed by atoms with Crippen LogP contribution >= 0.6 is 11.3 Å². The number of fused-ring (bicyclic) bond motifs is 1. The minimum atomic E-state index is -1.07. The van der Waals surface area contributed by atoms with Crippen LogP contribution in [0.25, 0.3) is 21.0 Å². The van der Waals surface area contributed by atoms with Gasteiger partial charge in [0, 0.05) is 5.56 Å². The highest BCUT2D eigenvalue weighted by Gasteiger charge is 2.34. The van der Waals surface area contributed by atoms with Gasteiger partial charge in [-0.05, 0) is 69.3 Å². The third-order valence-corrected chi connectivity index (χ3v) is 9.55. The van der Waals surface area contributed by atoms with Crippen LogP contribution in [-0.2, 0) is 11.3 Å². The summed E-state index contributed by atoms with van der Waals surface area (Å²) in [6.45, 7) is 2.16. The van der Waals surface area contributed by atoms with Crippen molar-refractivity contribution in [3.05, 3.63) is 68.4 Å². The lowest BCUT2D eigenvalue weighted by Crippen LogP contribution is -2.46. The monoisotopic (exact) mass is 600 g/mol. The molecule has 224 valence electrons. The number of ether oxygens (including phenoxy) is 2. The van der Waals surface area contributed by atoms with E-state index in [1.165, 1.54) is 53.7 Å². The van der Waals surface area contributed by atoms with Crippen molar-refractivity contribution >= 4 is 21.6 Å². The van der Waals surface area contributed by atoms with Crippen LogP contribution in [0.2, 0.25) is 0 Å². The molecule has 42 heavy (non-hydrogen) atoms. The molecule has 6 rings (SSSR count). The molecule has 1 unspecified atom stereocenters. The van der Waals surface area contributed by atoms with Gasteiger partial charge in [0.15, 0.2) is 0 Å². The maximum absolute atomic E-state index is 14.6. The Hall–Kier alpha value is -3.36. The van der Waals surface area contributed by atoms with Gasteiger partial charge < -0.3 is 24.1 Å². The first-order chi connectivity index (χ1) is 20.3. The summed E-state index contributed by atoms with van der Waals surface area (Å²) in [6.07, 6.45) is 3.14. The predicted molar refractivity (Wildman–Crippen MR) is 153 cm³/mol. The second-order valence-electron chi connectivity index (χ2n) is 10.8. The minimum Gasteiger partial charge on any atom is -0.496 e. The number of hydrogen-bond donors (Lipinski definition) is 3. The van der Waals surface area contributed by atoms with E-state index in [1.54, 1.807) is 6.92 Å². The molecule has 0 bridgehead atoms. The Morgan fingerprint density at radius 2 is 2.00 bits per heavy atom. The zero-order chi connectivity index (χ0) is 29.5. The quantitative estimate of drug-likeness (QED) is 0.278. The molecule has 2 fully saturated rings. The van der Waals surface area contributed by atoms with Gasteiger partial charge in [-0.15, -0.1) is 11.3 Å². The molecule has 0 spiro atoms. The Kier molecular flexibility index (Phi) is 8.03. The van der Waals surface area contributed by atoms with Crippen LogP contribution in [0, 0.1) is 12.7 Å². The lowest BCUT2D eigenvalue weighted by atomic mass is 9.94. The van der Waals surface area contributed by atoms with E-state index in [9.17, 15) is 24.2 Å². The first kappa shape index (κ1) is 28.7. The maximum atomic E-state index is 14.6. The molecule has 1 aromatic carbocycles. The fraction of sp³-hybridized carbons (Fsp3) is 0.483. The van der Waals surface area contributed by atoms with Crippen molar-refractivity contribution < 1.29 is 28.5 Å². The first-order valence-corrected chi connectivity index (χ1v) is 14.8. The van der Waals surface area contributed by atoms with Crippen molar-refractivity contribution in [3.63, 3.8) is 0 Å². The number of benzene rings is 1. The second kappa shape index (κ2) is 11.7. The van der Waals surface area contributed by atoms with Crippen molar-refractivity contribution in [1.82, 2.24) is 19.4 Å². The number of rotatable bonds is 8. The third kappa shape index (κ3) is 5.20. The molecule has 4 aromatic rings. The van der Waals surface area contributed by atoms with E-state index >= 15 is 0 Å². The minimum absolute atomic E-state index is 0.0598. The number of nitrogens with zero attached hydrogens (tertiary/aromatic N) is 3. The van der Waals surface area contributed by atoms with E-state index in [0.29, 0.717) is 76.5 Å². The van der Waals surface area contributed by atoms with E-state index in [0.717, 1.165) is 4.57 Å². The number of oxazole rings is 1. The van der Waals surface area contributed by atoms with Crippen LogP contribution in [0.3, 0.4) is 0 Å². The highest BCUT2D eigenvalue weighted by atomic mass is 32.1. The van der Waals surface area contributed by atoms with E-state index < -0.39 is 41.5 Å². The average molecular weight is 601 g/mol. The summed E-state index contributed by atoms with van der Waals surface area (Å²) in [6, 6.07) is 3.37. The molecule has 3 aromatic heterocycles. The number of methoxy groups -OCH3 is 1. The molecule has 2 aliphatic rings. The number of aliphatic hydroxyl groups excluding tert-OH is 2. The van der Waals surface area contributed by atoms with Gasteiger partial charge in [0.05, 0.1) is 48.4 Å². The smallest absolute Gasteiger partial charge is 0.332 e. The highest BCUT2D eigenvalue weighted by molar-refractivity contribution is 7.22. The number of aromatic nitrogens is 3. The van der Waals surface area contributed by atoms with Crippen molar-refractivity contribution in [2.75, 3.05) is 13.7 Å². The third-order valence-electron chi connectivity index (χ3n) is 8.25. The normalized spacial score (nSPS) is 23.5. The van der Waals surface area contributed by atoms with Crippen molar-refractivity contribution in [3.8, 4) is 16.5 Å².